The predicted molar refractivity (Wildman–Crippen MR) is 115 cm³/mol. The first kappa shape index (κ1) is 21.0. The molecule has 1 atom stereocenters. The zero-order valence-corrected chi connectivity index (χ0v) is 18.1. The van der Waals surface area contributed by atoms with Crippen LogP contribution in [0.25, 0.3) is 0 Å². The van der Waals surface area contributed by atoms with E-state index in [4.69, 9.17) is 4.74 Å². The maximum atomic E-state index is 13.5. The molecule has 2 aliphatic rings. The molecule has 1 amide bonds. The van der Waals surface area contributed by atoms with E-state index in [0.29, 0.717) is 44.3 Å². The SMILES string of the molecule is CC(c1ccccc1)N(CC1CC1)C(=O)c1cccc(S(=O)(=O)N2CCOCC2)c1. The van der Waals surface area contributed by atoms with Gasteiger partial charge in [0.1, 0.15) is 0 Å². The molecule has 0 aromatic heterocycles. The topological polar surface area (TPSA) is 66.9 Å². The highest BCUT2D eigenvalue weighted by Gasteiger charge is 2.32. The molecule has 1 aliphatic carbocycles. The van der Waals surface area contributed by atoms with Crippen LogP contribution in [0.2, 0.25) is 0 Å². The van der Waals surface area contributed by atoms with Crippen LogP contribution in [-0.2, 0) is 14.8 Å². The first-order chi connectivity index (χ1) is 14.5. The van der Waals surface area contributed by atoms with E-state index in [9.17, 15) is 13.2 Å². The number of ether oxygens (including phenoxy) is 1. The molecule has 1 saturated carbocycles. The van der Waals surface area contributed by atoms with Gasteiger partial charge in [-0.25, -0.2) is 8.42 Å². The molecule has 6 nitrogen and oxygen atoms in total. The highest BCUT2D eigenvalue weighted by molar-refractivity contribution is 7.89. The van der Waals surface area contributed by atoms with E-state index in [-0.39, 0.29) is 16.8 Å². The van der Waals surface area contributed by atoms with Crippen LogP contribution >= 0.6 is 0 Å². The summed E-state index contributed by atoms with van der Waals surface area (Å²) in [5.41, 5.74) is 1.48. The lowest BCUT2D eigenvalue weighted by Crippen LogP contribution is -2.40. The van der Waals surface area contributed by atoms with E-state index in [1.165, 1.54) is 10.4 Å². The number of hydrogen-bond acceptors (Lipinski definition) is 4. The third-order valence-corrected chi connectivity index (χ3v) is 7.75. The third-order valence-electron chi connectivity index (χ3n) is 5.85. The lowest BCUT2D eigenvalue weighted by molar-refractivity contribution is 0.0679. The number of benzene rings is 2. The average molecular weight is 429 g/mol. The van der Waals surface area contributed by atoms with Crippen LogP contribution in [0.1, 0.15) is 41.7 Å². The molecule has 1 saturated heterocycles. The molecule has 1 heterocycles. The van der Waals surface area contributed by atoms with Crippen LogP contribution in [0.3, 0.4) is 0 Å². The summed E-state index contributed by atoms with van der Waals surface area (Å²) in [6, 6.07) is 16.3. The number of carbonyl (C=O) groups is 1. The Bertz CT molecular complexity index is 983. The van der Waals surface area contributed by atoms with Gasteiger partial charge < -0.3 is 9.64 Å². The molecule has 0 N–H and O–H groups in total. The number of hydrogen-bond donors (Lipinski definition) is 0. The van der Waals surface area contributed by atoms with Crippen molar-refractivity contribution in [3.05, 3.63) is 65.7 Å². The molecule has 1 unspecified atom stereocenters. The first-order valence-corrected chi connectivity index (χ1v) is 11.9. The van der Waals surface area contributed by atoms with E-state index >= 15 is 0 Å². The fourth-order valence-corrected chi connectivity index (χ4v) is 5.25. The van der Waals surface area contributed by atoms with Gasteiger partial charge in [-0.3, -0.25) is 4.79 Å². The number of carbonyl (C=O) groups excluding carboxylic acids is 1. The molecular formula is C23H28N2O4S. The monoisotopic (exact) mass is 428 g/mol. The molecule has 1 aliphatic heterocycles. The summed E-state index contributed by atoms with van der Waals surface area (Å²) >= 11 is 0. The van der Waals surface area contributed by atoms with Crippen LogP contribution in [0.15, 0.2) is 59.5 Å². The van der Waals surface area contributed by atoms with Crippen molar-refractivity contribution in [1.29, 1.82) is 0 Å². The molecule has 7 heteroatoms. The summed E-state index contributed by atoms with van der Waals surface area (Å²) < 4.78 is 32.7. The quantitative estimate of drug-likeness (QED) is 0.679. The minimum atomic E-state index is -3.64. The second-order valence-electron chi connectivity index (χ2n) is 8.03. The van der Waals surface area contributed by atoms with Crippen LogP contribution < -0.4 is 0 Å². The molecular weight excluding hydrogens is 400 g/mol. The van der Waals surface area contributed by atoms with Crippen LogP contribution in [0.4, 0.5) is 0 Å². The Kier molecular flexibility index (Phi) is 6.22. The van der Waals surface area contributed by atoms with Crippen LogP contribution in [-0.4, -0.2) is 56.4 Å². The Hall–Kier alpha value is -2.22. The molecule has 2 aromatic rings. The zero-order chi connectivity index (χ0) is 21.1. The smallest absolute Gasteiger partial charge is 0.254 e. The second kappa shape index (κ2) is 8.88. The third kappa shape index (κ3) is 4.58. The highest BCUT2D eigenvalue weighted by Crippen LogP contribution is 2.34. The largest absolute Gasteiger partial charge is 0.379 e. The van der Waals surface area contributed by atoms with Crippen molar-refractivity contribution in [2.45, 2.75) is 30.7 Å². The summed E-state index contributed by atoms with van der Waals surface area (Å²) in [4.78, 5) is 15.5. The molecule has 4 rings (SSSR count). The summed E-state index contributed by atoms with van der Waals surface area (Å²) in [6.07, 6.45) is 2.27. The van der Waals surface area contributed by atoms with Gasteiger partial charge in [0.05, 0.1) is 24.2 Å². The van der Waals surface area contributed by atoms with E-state index in [0.717, 1.165) is 18.4 Å². The lowest BCUT2D eigenvalue weighted by atomic mass is 10.0. The molecule has 2 aromatic carbocycles. The van der Waals surface area contributed by atoms with Gasteiger partial charge in [-0.2, -0.15) is 4.31 Å². The van der Waals surface area contributed by atoms with Gasteiger partial charge in [0.25, 0.3) is 5.91 Å². The summed E-state index contributed by atoms with van der Waals surface area (Å²) in [6.45, 7) is 4.17. The first-order valence-electron chi connectivity index (χ1n) is 10.5. The maximum absolute atomic E-state index is 13.5. The normalized spacial score (nSPS) is 18.7. The van der Waals surface area contributed by atoms with Gasteiger partial charge >= 0.3 is 0 Å². The summed E-state index contributed by atoms with van der Waals surface area (Å²) in [5.74, 6) is 0.401. The van der Waals surface area contributed by atoms with E-state index < -0.39 is 10.0 Å². The molecule has 30 heavy (non-hydrogen) atoms. The number of sulfonamides is 1. The Labute approximate surface area is 178 Å². The summed E-state index contributed by atoms with van der Waals surface area (Å²) in [7, 11) is -3.64. The van der Waals surface area contributed by atoms with E-state index in [1.54, 1.807) is 18.2 Å². The van der Waals surface area contributed by atoms with Gasteiger partial charge in [0, 0.05) is 25.2 Å². The Morgan fingerprint density at radius 1 is 1.10 bits per heavy atom. The lowest BCUT2D eigenvalue weighted by Gasteiger charge is -2.30. The zero-order valence-electron chi connectivity index (χ0n) is 17.2. The fraction of sp³-hybridized carbons (Fsp3) is 0.435. The standard InChI is InChI=1S/C23H28N2O4S/c1-18(20-6-3-2-4-7-20)25(17-19-10-11-19)23(26)21-8-5-9-22(16-21)30(27,28)24-12-14-29-15-13-24/h2-9,16,18-19H,10-15,17H2,1H3. The fourth-order valence-electron chi connectivity index (χ4n) is 3.80. The van der Waals surface area contributed by atoms with E-state index in [2.05, 4.69) is 0 Å². The molecule has 0 radical (unpaired) electrons. The minimum absolute atomic E-state index is 0.0844. The van der Waals surface area contributed by atoms with E-state index in [1.807, 2.05) is 42.2 Å². The number of morpholine rings is 1. The Morgan fingerprint density at radius 3 is 2.47 bits per heavy atom. The van der Waals surface area contributed by atoms with Gasteiger partial charge in [-0.05, 0) is 49.4 Å². The minimum Gasteiger partial charge on any atom is -0.379 e. The van der Waals surface area contributed by atoms with Crippen molar-refractivity contribution < 1.29 is 17.9 Å². The molecule has 2 fully saturated rings. The van der Waals surface area contributed by atoms with Crippen molar-refractivity contribution in [2.24, 2.45) is 5.92 Å². The van der Waals surface area contributed by atoms with Crippen molar-refractivity contribution in [1.82, 2.24) is 9.21 Å². The average Bonchev–Trinajstić information content (AvgIpc) is 3.62. The van der Waals surface area contributed by atoms with Crippen molar-refractivity contribution in [3.63, 3.8) is 0 Å². The van der Waals surface area contributed by atoms with Gasteiger partial charge in [-0.15, -0.1) is 0 Å². The van der Waals surface area contributed by atoms with Crippen LogP contribution in [0, 0.1) is 5.92 Å². The summed E-state index contributed by atoms with van der Waals surface area (Å²) in [5, 5.41) is 0. The highest BCUT2D eigenvalue weighted by atomic mass is 32.2. The van der Waals surface area contributed by atoms with Crippen LogP contribution in [0.5, 0.6) is 0 Å². The molecule has 160 valence electrons. The molecule has 0 bridgehead atoms. The van der Waals surface area contributed by atoms with Crippen molar-refractivity contribution >= 4 is 15.9 Å². The predicted octanol–water partition coefficient (Wildman–Crippen LogP) is 3.32. The second-order valence-corrected chi connectivity index (χ2v) is 9.97. The maximum Gasteiger partial charge on any atom is 0.254 e. The van der Waals surface area contributed by atoms with Crippen molar-refractivity contribution in [3.8, 4) is 0 Å². The van der Waals surface area contributed by atoms with Gasteiger partial charge in [0.15, 0.2) is 0 Å². The van der Waals surface area contributed by atoms with Gasteiger partial charge in [-0.1, -0.05) is 36.4 Å². The number of nitrogens with zero attached hydrogens (tertiary/aromatic N) is 2. The van der Waals surface area contributed by atoms with Crippen molar-refractivity contribution in [2.75, 3.05) is 32.8 Å². The number of amides is 1. The van der Waals surface area contributed by atoms with Gasteiger partial charge in [0.2, 0.25) is 10.0 Å². The molecule has 0 spiro atoms. The number of rotatable bonds is 7. The Balaban J connectivity index is 1.61. The Morgan fingerprint density at radius 2 is 1.80 bits per heavy atom.